The summed E-state index contributed by atoms with van der Waals surface area (Å²) in [7, 11) is 0. The van der Waals surface area contributed by atoms with Crippen molar-refractivity contribution < 1.29 is 4.74 Å². The third-order valence-corrected chi connectivity index (χ3v) is 28.5. The number of aryl methyl sites for hydroxylation is 11. The number of anilines is 7. The fourth-order valence-corrected chi connectivity index (χ4v) is 22.6. The van der Waals surface area contributed by atoms with Gasteiger partial charge in [-0.3, -0.25) is 0 Å². The van der Waals surface area contributed by atoms with Crippen LogP contribution in [-0.4, -0.2) is 131 Å². The van der Waals surface area contributed by atoms with Crippen LogP contribution in [0, 0.1) is 48.5 Å². The zero-order chi connectivity index (χ0) is 96.8. The van der Waals surface area contributed by atoms with Crippen LogP contribution < -0.4 is 42.0 Å². The van der Waals surface area contributed by atoms with Crippen LogP contribution in [0.15, 0.2) is 102 Å². The van der Waals surface area contributed by atoms with E-state index in [-0.39, 0.29) is 0 Å². The number of nitrogens with one attached hydrogen (secondary N) is 7. The van der Waals surface area contributed by atoms with Crippen molar-refractivity contribution in [3.63, 3.8) is 0 Å². The lowest BCUT2D eigenvalue weighted by Crippen LogP contribution is -2.09. The Morgan fingerprint density at radius 3 is 1.20 bits per heavy atom. The molecule has 0 radical (unpaired) electrons. The van der Waals surface area contributed by atoms with Gasteiger partial charge in [-0.1, -0.05) is 96.9 Å². The van der Waals surface area contributed by atoms with Crippen LogP contribution in [0.2, 0.25) is 0 Å². The maximum Gasteiger partial charge on any atom is 0.223 e. The van der Waals surface area contributed by atoms with Gasteiger partial charge in [0.25, 0.3) is 0 Å². The SMILES string of the molecule is CC.CC.CC.CC.CC.CC.CC.CCNc1ncc2c(n1)-c1cc(C)sc1CC2.CCNc1ncc2c(n1)-c1cc(C)sc1CO2.CCNc1ncc2c(n1)-c1cc(C)sc1CS2.CCNc1ncc2c(n1)-c1nc(C)sc1CC2.CCNc1ncc2c(n1)-c1nc(C)sc1CS2.CCNc1ncc2ccc3sc(C)cc3c2n1.CCNc1ncc2ccc3sc(C)nc3c2n1. The molecule has 0 spiro atoms. The molecule has 25 nitrogen and oxygen atoms in total. The van der Waals surface area contributed by atoms with Crippen LogP contribution in [0.5, 0.6) is 5.75 Å². The molecule has 0 saturated heterocycles. The van der Waals surface area contributed by atoms with E-state index in [9.17, 15) is 0 Å². The molecular weight excluding hydrogens is 1830 g/mol. The summed E-state index contributed by atoms with van der Waals surface area (Å²) in [5, 5.41) is 28.7. The van der Waals surface area contributed by atoms with Gasteiger partial charge in [0, 0.05) is 171 Å². The van der Waals surface area contributed by atoms with E-state index in [1.54, 1.807) is 74.6 Å². The quantitative estimate of drug-likeness (QED) is 0.0532. The highest BCUT2D eigenvalue weighted by Gasteiger charge is 2.28. The van der Waals surface area contributed by atoms with Crippen LogP contribution in [0.4, 0.5) is 41.6 Å². The molecule has 2 aromatic carbocycles. The van der Waals surface area contributed by atoms with Gasteiger partial charge < -0.3 is 42.0 Å². The number of hydrogen-bond acceptors (Lipinski definition) is 34. The number of rotatable bonds is 14. The molecule has 0 fully saturated rings. The van der Waals surface area contributed by atoms with Crippen LogP contribution in [0.25, 0.3) is 98.7 Å². The lowest BCUT2D eigenvalue weighted by atomic mass is 9.96. The molecule has 0 unspecified atom stereocenters. The molecule has 0 atom stereocenters. The Balaban J connectivity index is 0.000000187. The number of thiophene rings is 4. The Hall–Kier alpha value is -10.2. The molecular formula is C99H134N24OS9. The summed E-state index contributed by atoms with van der Waals surface area (Å²) >= 11 is 16.2. The van der Waals surface area contributed by atoms with Gasteiger partial charge in [0.2, 0.25) is 41.6 Å². The van der Waals surface area contributed by atoms with Crippen molar-refractivity contribution in [2.75, 3.05) is 83.0 Å². The average molecular weight is 1960 g/mol. The molecule has 7 N–H and O–H groups in total. The minimum atomic E-state index is 0.630. The number of aromatic nitrogens is 17. The normalized spacial score (nSPS) is 11.5. The molecule has 3 aliphatic heterocycles. The first kappa shape index (κ1) is 108. The van der Waals surface area contributed by atoms with Gasteiger partial charge in [0.15, 0.2) is 5.75 Å². The van der Waals surface area contributed by atoms with E-state index in [4.69, 9.17) is 4.74 Å². The first-order chi connectivity index (χ1) is 64.9. The third kappa shape index (κ3) is 28.3. The highest BCUT2D eigenvalue weighted by atomic mass is 32.2. The van der Waals surface area contributed by atoms with E-state index < -0.39 is 0 Å². The first-order valence-electron chi connectivity index (χ1n) is 46.7. The Morgan fingerprint density at radius 2 is 0.662 bits per heavy atom. The topological polar surface area (TPSA) is 313 Å². The molecule has 0 amide bonds. The lowest BCUT2D eigenvalue weighted by molar-refractivity contribution is 0.303. The summed E-state index contributed by atoms with van der Waals surface area (Å²) in [6, 6.07) is 17.2. The van der Waals surface area contributed by atoms with Gasteiger partial charge in [-0.15, -0.1) is 103 Å². The molecule has 0 bridgehead atoms. The Kier molecular flexibility index (Phi) is 45.2. The molecule has 16 aromatic rings. The second kappa shape index (κ2) is 55.6. The van der Waals surface area contributed by atoms with Gasteiger partial charge in [0.05, 0.1) is 63.2 Å². The van der Waals surface area contributed by atoms with Crippen molar-refractivity contribution >= 4 is 187 Å². The highest BCUT2D eigenvalue weighted by Crippen LogP contribution is 2.47. The largest absolute Gasteiger partial charge is 0.484 e. The minimum Gasteiger partial charge on any atom is -0.484 e. The summed E-state index contributed by atoms with van der Waals surface area (Å²) in [6.07, 6.45) is 17.5. The van der Waals surface area contributed by atoms with Gasteiger partial charge in [-0.25, -0.2) is 84.7 Å². The standard InChI is InChI=1S/C13H15N3S.C13H13N3S.C12H14N4S.C12H12N4S.C12H13N3OS.C12H13N3S2.C11H12N4S2.7C2H6/c2*1-3-14-13-15-7-9-4-5-11-10(12(9)16-13)6-8(2)17-11;2*1-3-13-12-14-6-8-4-5-9-11(10(8)16-12)15-7(2)17-9;2*1-3-13-12-14-5-9-11(15-12)8-4-7(2)17-10(8)6-16-9;1-3-12-11-13-4-7-9(15-11)10-8(5-16-7)17-6(2)14-10;7*1-2/h6-7H,3-5H2,1-2H3,(H,14,15,16);4-7H,3H2,1-2H3,(H,14,15,16);6H,3-5H2,1-2H3,(H,13,14,16);4-6H,3H2,1-2H3,(H,13,14,16);2*4-5H,3,6H2,1-2H3,(H,13,14,15);4H,3,5H2,1-2H3,(H,12,13,15);7*1-2H3. The Bertz CT molecular complexity index is 5600. The molecule has 133 heavy (non-hydrogen) atoms. The van der Waals surface area contributed by atoms with Crippen molar-refractivity contribution in [3.8, 4) is 62.3 Å². The fraction of sp³-hybridized carbons (Fsp3) is 0.424. The van der Waals surface area contributed by atoms with Crippen molar-refractivity contribution in [3.05, 3.63) is 162 Å². The van der Waals surface area contributed by atoms with Crippen molar-refractivity contribution in [2.24, 2.45) is 0 Å². The van der Waals surface area contributed by atoms with E-state index in [1.165, 1.54) is 91.4 Å². The average Bonchev–Trinajstić information content (AvgIpc) is 1.72. The number of benzene rings is 2. The van der Waals surface area contributed by atoms with Crippen molar-refractivity contribution in [1.82, 2.24) is 84.7 Å². The number of hydrogen-bond donors (Lipinski definition) is 7. The van der Waals surface area contributed by atoms with E-state index >= 15 is 0 Å². The number of fused-ring (bicyclic) bond motifs is 21. The maximum absolute atomic E-state index is 5.65. The molecule has 5 aliphatic rings. The van der Waals surface area contributed by atoms with Crippen molar-refractivity contribution in [2.45, 2.75) is 247 Å². The summed E-state index contributed by atoms with van der Waals surface area (Å²) in [4.78, 5) is 90.3. The number of thiazole rings is 3. The third-order valence-electron chi connectivity index (χ3n) is 18.9. The second-order valence-corrected chi connectivity index (χ2v) is 38.9. The molecule has 2 aliphatic carbocycles. The molecule has 34 heteroatoms. The van der Waals surface area contributed by atoms with E-state index in [2.05, 4.69) is 213 Å². The Labute approximate surface area is 824 Å². The summed E-state index contributed by atoms with van der Waals surface area (Å²) in [5.74, 6) is 7.68. The molecule has 17 heterocycles. The predicted octanol–water partition coefficient (Wildman–Crippen LogP) is 28.6. The first-order valence-corrected chi connectivity index (χ1v) is 54.4. The van der Waals surface area contributed by atoms with Crippen LogP contribution in [0.3, 0.4) is 0 Å². The predicted molar refractivity (Wildman–Crippen MR) is 580 cm³/mol. The second-order valence-electron chi connectivity index (χ2n) is 27.8. The number of thioether (sulfide) groups is 2. The smallest absolute Gasteiger partial charge is 0.223 e. The van der Waals surface area contributed by atoms with Crippen LogP contribution in [-0.2, 0) is 43.8 Å². The number of ether oxygens (including phenoxy) is 1. The van der Waals surface area contributed by atoms with E-state index in [0.717, 1.165) is 188 Å². The van der Waals surface area contributed by atoms with E-state index in [1.807, 2.05) is 223 Å². The van der Waals surface area contributed by atoms with E-state index in [0.29, 0.717) is 36.3 Å². The zero-order valence-corrected chi connectivity index (χ0v) is 90.1. The van der Waals surface area contributed by atoms with Gasteiger partial charge in [-0.05, 0) is 182 Å². The molecule has 14 aromatic heterocycles. The van der Waals surface area contributed by atoms with Gasteiger partial charge in [0.1, 0.15) is 40.4 Å². The lowest BCUT2D eigenvalue weighted by Gasteiger charge is -2.16. The fourth-order valence-electron chi connectivity index (χ4n) is 13.8. The monoisotopic (exact) mass is 1960 g/mol. The summed E-state index contributed by atoms with van der Waals surface area (Å²) in [6.45, 7) is 63.4. The number of nitrogens with zero attached hydrogens (tertiary/aromatic N) is 17. The van der Waals surface area contributed by atoms with Gasteiger partial charge in [-0.2, -0.15) is 0 Å². The van der Waals surface area contributed by atoms with Crippen molar-refractivity contribution in [1.29, 1.82) is 0 Å². The molecule has 0 saturated carbocycles. The van der Waals surface area contributed by atoms with Crippen LogP contribution >= 0.6 is 103 Å². The summed E-state index contributed by atoms with van der Waals surface area (Å²) < 4.78 is 8.12. The maximum atomic E-state index is 5.65. The minimum absolute atomic E-state index is 0.630. The Morgan fingerprint density at radius 1 is 0.286 bits per heavy atom. The summed E-state index contributed by atoms with van der Waals surface area (Å²) in [5.41, 5.74) is 16.5. The molecule has 21 rings (SSSR count). The van der Waals surface area contributed by atoms with Gasteiger partial charge >= 0.3 is 0 Å². The zero-order valence-electron chi connectivity index (χ0n) is 82.7. The van der Waals surface area contributed by atoms with Crippen LogP contribution in [0.1, 0.15) is 215 Å². The molecule has 710 valence electrons. The highest BCUT2D eigenvalue weighted by molar-refractivity contribution is 7.99.